The van der Waals surface area contributed by atoms with Gasteiger partial charge in [-0.05, 0) is 48.9 Å². The van der Waals surface area contributed by atoms with Crippen molar-refractivity contribution in [1.29, 1.82) is 0 Å². The minimum absolute atomic E-state index is 0.0596. The minimum atomic E-state index is -3.16. The molecular formula is C15H16ClNO2S2. The summed E-state index contributed by atoms with van der Waals surface area (Å²) in [5, 5.41) is 0.641. The highest BCUT2D eigenvalue weighted by Gasteiger charge is 2.09. The molecule has 0 amide bonds. The average Bonchev–Trinajstić information content (AvgIpc) is 2.40. The standard InChI is InChI=1S/C15H16ClNO2S2/c1-10(17)11-3-8-15(14(16)9-11)20-12-4-6-13(7-5-12)21(2,18)19/h3-10H,17H2,1-2H3/t10-/m1/s1. The van der Waals surface area contributed by atoms with Crippen LogP contribution >= 0.6 is 23.4 Å². The molecule has 0 heterocycles. The fourth-order valence-corrected chi connectivity index (χ4v) is 3.52. The van der Waals surface area contributed by atoms with Gasteiger partial charge in [0.2, 0.25) is 0 Å². The second kappa shape index (κ2) is 6.40. The van der Waals surface area contributed by atoms with Crippen LogP contribution in [0.25, 0.3) is 0 Å². The highest BCUT2D eigenvalue weighted by atomic mass is 35.5. The molecule has 112 valence electrons. The number of halogens is 1. The van der Waals surface area contributed by atoms with Gasteiger partial charge in [-0.2, -0.15) is 0 Å². The largest absolute Gasteiger partial charge is 0.324 e. The van der Waals surface area contributed by atoms with Gasteiger partial charge in [0.25, 0.3) is 0 Å². The molecule has 2 aromatic carbocycles. The number of nitrogens with two attached hydrogens (primary N) is 1. The lowest BCUT2D eigenvalue weighted by Gasteiger charge is -2.09. The van der Waals surface area contributed by atoms with Crippen LogP contribution in [0.5, 0.6) is 0 Å². The molecule has 6 heteroatoms. The van der Waals surface area contributed by atoms with Crippen molar-refractivity contribution in [3.63, 3.8) is 0 Å². The maximum atomic E-state index is 11.4. The van der Waals surface area contributed by atoms with Gasteiger partial charge < -0.3 is 5.73 Å². The fraction of sp³-hybridized carbons (Fsp3) is 0.200. The Hall–Kier alpha value is -1.01. The number of sulfone groups is 1. The summed E-state index contributed by atoms with van der Waals surface area (Å²) in [6, 6.07) is 12.4. The Morgan fingerprint density at radius 3 is 2.24 bits per heavy atom. The van der Waals surface area contributed by atoms with Gasteiger partial charge in [-0.15, -0.1) is 0 Å². The zero-order valence-electron chi connectivity index (χ0n) is 11.7. The molecule has 1 atom stereocenters. The van der Waals surface area contributed by atoms with E-state index in [1.54, 1.807) is 24.3 Å². The lowest BCUT2D eigenvalue weighted by atomic mass is 10.1. The molecule has 0 saturated heterocycles. The molecule has 0 aromatic heterocycles. The zero-order chi connectivity index (χ0) is 15.6. The molecule has 0 spiro atoms. The predicted molar refractivity (Wildman–Crippen MR) is 87.7 cm³/mol. The Bertz CT molecular complexity index is 741. The van der Waals surface area contributed by atoms with Gasteiger partial charge in [0.05, 0.1) is 9.92 Å². The van der Waals surface area contributed by atoms with Crippen LogP contribution in [0.3, 0.4) is 0 Å². The van der Waals surface area contributed by atoms with E-state index >= 15 is 0 Å². The first-order chi connectivity index (χ1) is 9.77. The molecule has 2 aromatic rings. The second-order valence-corrected chi connectivity index (χ2v) is 8.36. The highest BCUT2D eigenvalue weighted by Crippen LogP contribution is 2.34. The molecule has 0 radical (unpaired) electrons. The smallest absolute Gasteiger partial charge is 0.175 e. The molecule has 0 saturated carbocycles. The van der Waals surface area contributed by atoms with Gasteiger partial charge in [0.1, 0.15) is 0 Å². The van der Waals surface area contributed by atoms with Crippen molar-refractivity contribution in [2.24, 2.45) is 5.73 Å². The van der Waals surface area contributed by atoms with Crippen LogP contribution in [0.2, 0.25) is 5.02 Å². The third-order valence-electron chi connectivity index (χ3n) is 2.96. The first kappa shape index (κ1) is 16.4. The highest BCUT2D eigenvalue weighted by molar-refractivity contribution is 7.99. The summed E-state index contributed by atoms with van der Waals surface area (Å²) in [5.74, 6) is 0. The third-order valence-corrected chi connectivity index (χ3v) is 5.60. The van der Waals surface area contributed by atoms with E-state index in [0.717, 1.165) is 15.4 Å². The van der Waals surface area contributed by atoms with E-state index in [1.165, 1.54) is 18.0 Å². The molecule has 0 aliphatic heterocycles. The molecule has 21 heavy (non-hydrogen) atoms. The Labute approximate surface area is 134 Å². The second-order valence-electron chi connectivity index (χ2n) is 4.82. The van der Waals surface area contributed by atoms with E-state index in [4.69, 9.17) is 17.3 Å². The maximum absolute atomic E-state index is 11.4. The molecule has 0 aliphatic carbocycles. The summed E-state index contributed by atoms with van der Waals surface area (Å²) in [5.41, 5.74) is 6.80. The number of hydrogen-bond acceptors (Lipinski definition) is 4. The first-order valence-electron chi connectivity index (χ1n) is 6.30. The van der Waals surface area contributed by atoms with E-state index in [1.807, 2.05) is 25.1 Å². The van der Waals surface area contributed by atoms with Gasteiger partial charge in [-0.3, -0.25) is 0 Å². The molecule has 0 unspecified atom stereocenters. The number of benzene rings is 2. The fourth-order valence-electron chi connectivity index (χ4n) is 1.76. The van der Waals surface area contributed by atoms with Crippen LogP contribution in [0.15, 0.2) is 57.2 Å². The van der Waals surface area contributed by atoms with Gasteiger partial charge in [0, 0.05) is 22.1 Å². The van der Waals surface area contributed by atoms with Crippen LogP contribution in [0.1, 0.15) is 18.5 Å². The SMILES string of the molecule is C[C@@H](N)c1ccc(Sc2ccc(S(C)(=O)=O)cc2)c(Cl)c1. The van der Waals surface area contributed by atoms with Crippen LogP contribution in [0.4, 0.5) is 0 Å². The summed E-state index contributed by atoms with van der Waals surface area (Å²) < 4.78 is 22.8. The van der Waals surface area contributed by atoms with E-state index < -0.39 is 9.84 Å². The van der Waals surface area contributed by atoms with Gasteiger partial charge in [-0.25, -0.2) is 8.42 Å². The Balaban J connectivity index is 2.22. The minimum Gasteiger partial charge on any atom is -0.324 e. The van der Waals surface area contributed by atoms with E-state index in [9.17, 15) is 8.42 Å². The molecule has 0 fully saturated rings. The first-order valence-corrected chi connectivity index (χ1v) is 9.39. The van der Waals surface area contributed by atoms with Crippen molar-refractivity contribution >= 4 is 33.2 Å². The summed E-state index contributed by atoms with van der Waals surface area (Å²) in [6.07, 6.45) is 1.19. The van der Waals surface area contributed by atoms with Crippen molar-refractivity contribution in [3.8, 4) is 0 Å². The lowest BCUT2D eigenvalue weighted by molar-refractivity contribution is 0.602. The zero-order valence-corrected chi connectivity index (χ0v) is 14.1. The van der Waals surface area contributed by atoms with Crippen LogP contribution in [-0.4, -0.2) is 14.7 Å². The Kier molecular flexibility index (Phi) is 4.99. The van der Waals surface area contributed by atoms with Crippen LogP contribution in [0, 0.1) is 0 Å². The van der Waals surface area contributed by atoms with E-state index in [2.05, 4.69) is 0 Å². The lowest BCUT2D eigenvalue weighted by Crippen LogP contribution is -2.04. The van der Waals surface area contributed by atoms with Crippen LogP contribution in [-0.2, 0) is 9.84 Å². The predicted octanol–water partition coefficient (Wildman–Crippen LogP) is 3.91. The summed E-state index contributed by atoms with van der Waals surface area (Å²) in [7, 11) is -3.16. The Morgan fingerprint density at radius 1 is 1.14 bits per heavy atom. The van der Waals surface area contributed by atoms with E-state index in [-0.39, 0.29) is 6.04 Å². The van der Waals surface area contributed by atoms with Gasteiger partial charge in [0.15, 0.2) is 9.84 Å². The van der Waals surface area contributed by atoms with Crippen molar-refractivity contribution in [3.05, 3.63) is 53.1 Å². The van der Waals surface area contributed by atoms with Crippen molar-refractivity contribution in [1.82, 2.24) is 0 Å². The monoisotopic (exact) mass is 341 g/mol. The molecule has 0 bridgehead atoms. The van der Waals surface area contributed by atoms with Crippen molar-refractivity contribution in [2.45, 2.75) is 27.7 Å². The topological polar surface area (TPSA) is 60.2 Å². The number of hydrogen-bond donors (Lipinski definition) is 1. The molecular weight excluding hydrogens is 326 g/mol. The average molecular weight is 342 g/mol. The third kappa shape index (κ3) is 4.23. The summed E-state index contributed by atoms with van der Waals surface area (Å²) in [4.78, 5) is 2.15. The van der Waals surface area contributed by atoms with Gasteiger partial charge >= 0.3 is 0 Å². The van der Waals surface area contributed by atoms with E-state index in [0.29, 0.717) is 9.92 Å². The summed E-state index contributed by atoms with van der Waals surface area (Å²) in [6.45, 7) is 1.91. The normalized spacial score (nSPS) is 13.1. The van der Waals surface area contributed by atoms with Crippen LogP contribution < -0.4 is 5.73 Å². The Morgan fingerprint density at radius 2 is 1.76 bits per heavy atom. The quantitative estimate of drug-likeness (QED) is 0.915. The van der Waals surface area contributed by atoms with Gasteiger partial charge in [-0.1, -0.05) is 29.4 Å². The number of rotatable bonds is 4. The molecule has 2 N–H and O–H groups in total. The molecule has 0 aliphatic rings. The molecule has 2 rings (SSSR count). The van der Waals surface area contributed by atoms with Crippen molar-refractivity contribution in [2.75, 3.05) is 6.26 Å². The van der Waals surface area contributed by atoms with Crippen molar-refractivity contribution < 1.29 is 8.42 Å². The molecule has 3 nitrogen and oxygen atoms in total. The summed E-state index contributed by atoms with van der Waals surface area (Å²) >= 11 is 7.74. The maximum Gasteiger partial charge on any atom is 0.175 e.